The molecule has 0 bridgehead atoms. The van der Waals surface area contributed by atoms with Crippen molar-refractivity contribution in [3.63, 3.8) is 0 Å². The van der Waals surface area contributed by atoms with Crippen LogP contribution >= 0.6 is 0 Å². The van der Waals surface area contributed by atoms with Gasteiger partial charge in [-0.15, -0.1) is 0 Å². The van der Waals surface area contributed by atoms with Gasteiger partial charge in [0, 0.05) is 38.8 Å². The molecule has 0 amide bonds. The van der Waals surface area contributed by atoms with E-state index in [1.165, 1.54) is 12.8 Å². The number of rotatable bonds is 4. The second kappa shape index (κ2) is 6.60. The first-order chi connectivity index (χ1) is 8.79. The van der Waals surface area contributed by atoms with Crippen molar-refractivity contribution in [2.24, 2.45) is 10.4 Å². The molecule has 0 aromatic heterocycles. The standard InChI is InChI=1S/C15H32N4/c1-7-15(5)8-11-19(12-15)13(16-6)17-9-10-18-14(2,3)4/h18H,7-12H2,1-6H3,(H,16,17). The van der Waals surface area contributed by atoms with Gasteiger partial charge in [0.1, 0.15) is 0 Å². The maximum absolute atomic E-state index is 4.41. The van der Waals surface area contributed by atoms with Crippen LogP contribution in [0.3, 0.4) is 0 Å². The normalized spacial score (nSPS) is 24.9. The molecule has 1 saturated heterocycles. The molecule has 2 N–H and O–H groups in total. The Morgan fingerprint density at radius 1 is 1.32 bits per heavy atom. The van der Waals surface area contributed by atoms with Gasteiger partial charge in [0.25, 0.3) is 0 Å². The average molecular weight is 268 g/mol. The molecule has 1 fully saturated rings. The van der Waals surface area contributed by atoms with Gasteiger partial charge in [-0.3, -0.25) is 4.99 Å². The Hall–Kier alpha value is -0.770. The van der Waals surface area contributed by atoms with E-state index in [-0.39, 0.29) is 5.54 Å². The van der Waals surface area contributed by atoms with Crippen molar-refractivity contribution in [2.45, 2.75) is 53.0 Å². The lowest BCUT2D eigenvalue weighted by atomic mass is 9.87. The van der Waals surface area contributed by atoms with Crippen LogP contribution in [0.4, 0.5) is 0 Å². The van der Waals surface area contributed by atoms with Gasteiger partial charge < -0.3 is 15.5 Å². The summed E-state index contributed by atoms with van der Waals surface area (Å²) in [6.07, 6.45) is 2.51. The highest BCUT2D eigenvalue weighted by molar-refractivity contribution is 5.80. The van der Waals surface area contributed by atoms with Crippen LogP contribution in [0, 0.1) is 5.41 Å². The Kier molecular flexibility index (Phi) is 5.65. The number of hydrogen-bond acceptors (Lipinski definition) is 2. The number of nitrogens with one attached hydrogen (secondary N) is 2. The van der Waals surface area contributed by atoms with Crippen molar-refractivity contribution in [3.8, 4) is 0 Å². The third kappa shape index (κ3) is 5.39. The molecule has 0 aromatic rings. The van der Waals surface area contributed by atoms with E-state index in [4.69, 9.17) is 0 Å². The van der Waals surface area contributed by atoms with Crippen molar-refractivity contribution >= 4 is 5.96 Å². The molecule has 0 radical (unpaired) electrons. The number of aliphatic imine (C=N–C) groups is 1. The summed E-state index contributed by atoms with van der Waals surface area (Å²) in [5.74, 6) is 1.05. The zero-order valence-electron chi connectivity index (χ0n) is 13.6. The Morgan fingerprint density at radius 2 is 2.00 bits per heavy atom. The lowest BCUT2D eigenvalue weighted by molar-refractivity contribution is 0.321. The molecule has 1 heterocycles. The van der Waals surface area contributed by atoms with Crippen LogP contribution in [0.2, 0.25) is 0 Å². The average Bonchev–Trinajstić information content (AvgIpc) is 2.71. The van der Waals surface area contributed by atoms with E-state index in [0.717, 1.165) is 32.1 Å². The summed E-state index contributed by atoms with van der Waals surface area (Å²) in [5, 5.41) is 6.94. The fourth-order valence-corrected chi connectivity index (χ4v) is 2.44. The first-order valence-corrected chi connectivity index (χ1v) is 7.50. The van der Waals surface area contributed by atoms with E-state index in [1.54, 1.807) is 0 Å². The molecule has 0 saturated carbocycles. The van der Waals surface area contributed by atoms with Crippen molar-refractivity contribution < 1.29 is 0 Å². The summed E-state index contributed by atoms with van der Waals surface area (Å²) in [7, 11) is 1.88. The zero-order chi connectivity index (χ0) is 14.5. The molecule has 1 aliphatic rings. The second-order valence-electron chi connectivity index (χ2n) is 6.99. The lowest BCUT2D eigenvalue weighted by Gasteiger charge is -2.26. The van der Waals surface area contributed by atoms with Gasteiger partial charge in [0.05, 0.1) is 0 Å². The van der Waals surface area contributed by atoms with Crippen LogP contribution in [0.1, 0.15) is 47.5 Å². The van der Waals surface area contributed by atoms with Gasteiger partial charge in [-0.2, -0.15) is 0 Å². The minimum absolute atomic E-state index is 0.180. The molecule has 1 rings (SSSR count). The molecular formula is C15H32N4. The number of nitrogens with zero attached hydrogens (tertiary/aromatic N) is 2. The van der Waals surface area contributed by atoms with Gasteiger partial charge in [-0.25, -0.2) is 0 Å². The number of hydrogen-bond donors (Lipinski definition) is 2. The van der Waals surface area contributed by atoms with Gasteiger partial charge in [-0.05, 0) is 39.0 Å². The zero-order valence-corrected chi connectivity index (χ0v) is 13.6. The topological polar surface area (TPSA) is 39.7 Å². The summed E-state index contributed by atoms with van der Waals surface area (Å²) in [4.78, 5) is 6.80. The van der Waals surface area contributed by atoms with Crippen molar-refractivity contribution in [1.82, 2.24) is 15.5 Å². The SMILES string of the molecule is CCC1(C)CCN(C(=NC)NCCNC(C)(C)C)C1. The largest absolute Gasteiger partial charge is 0.355 e. The van der Waals surface area contributed by atoms with Gasteiger partial charge >= 0.3 is 0 Å². The van der Waals surface area contributed by atoms with Crippen LogP contribution < -0.4 is 10.6 Å². The second-order valence-corrected chi connectivity index (χ2v) is 6.99. The molecule has 0 spiro atoms. The fourth-order valence-electron chi connectivity index (χ4n) is 2.44. The third-order valence-electron chi connectivity index (χ3n) is 3.99. The molecular weight excluding hydrogens is 236 g/mol. The molecule has 112 valence electrons. The first-order valence-electron chi connectivity index (χ1n) is 7.50. The molecule has 1 atom stereocenters. The summed E-state index contributed by atoms with van der Waals surface area (Å²) in [6, 6.07) is 0. The fraction of sp³-hybridized carbons (Fsp3) is 0.933. The highest BCUT2D eigenvalue weighted by Gasteiger charge is 2.33. The highest BCUT2D eigenvalue weighted by Crippen LogP contribution is 2.32. The van der Waals surface area contributed by atoms with Gasteiger partial charge in [0.15, 0.2) is 5.96 Å². The summed E-state index contributed by atoms with van der Waals surface area (Å²) >= 11 is 0. The minimum atomic E-state index is 0.180. The van der Waals surface area contributed by atoms with Crippen molar-refractivity contribution in [1.29, 1.82) is 0 Å². The summed E-state index contributed by atoms with van der Waals surface area (Å²) in [5.41, 5.74) is 0.640. The molecule has 19 heavy (non-hydrogen) atoms. The van der Waals surface area contributed by atoms with Crippen LogP contribution in [-0.4, -0.2) is 49.6 Å². The molecule has 4 nitrogen and oxygen atoms in total. The Morgan fingerprint density at radius 3 is 2.47 bits per heavy atom. The maximum atomic E-state index is 4.41. The number of likely N-dealkylation sites (tertiary alicyclic amines) is 1. The summed E-state index contributed by atoms with van der Waals surface area (Å²) in [6.45, 7) is 15.4. The molecule has 1 unspecified atom stereocenters. The van der Waals surface area contributed by atoms with E-state index in [0.29, 0.717) is 5.41 Å². The maximum Gasteiger partial charge on any atom is 0.193 e. The summed E-state index contributed by atoms with van der Waals surface area (Å²) < 4.78 is 0. The Labute approximate surface area is 119 Å². The first kappa shape index (κ1) is 16.3. The molecule has 0 aromatic carbocycles. The lowest BCUT2D eigenvalue weighted by Crippen LogP contribution is -2.45. The Balaban J connectivity index is 2.36. The minimum Gasteiger partial charge on any atom is -0.355 e. The van der Waals surface area contributed by atoms with Crippen LogP contribution in [0.5, 0.6) is 0 Å². The van der Waals surface area contributed by atoms with E-state index < -0.39 is 0 Å². The van der Waals surface area contributed by atoms with Gasteiger partial charge in [-0.1, -0.05) is 13.8 Å². The van der Waals surface area contributed by atoms with E-state index in [2.05, 4.69) is 55.1 Å². The third-order valence-corrected chi connectivity index (χ3v) is 3.99. The van der Waals surface area contributed by atoms with Crippen LogP contribution in [0.15, 0.2) is 4.99 Å². The monoisotopic (exact) mass is 268 g/mol. The molecule has 4 heteroatoms. The predicted octanol–water partition coefficient (Wildman–Crippen LogP) is 2.07. The van der Waals surface area contributed by atoms with Crippen molar-refractivity contribution in [2.75, 3.05) is 33.2 Å². The Bertz CT molecular complexity index is 306. The van der Waals surface area contributed by atoms with Crippen LogP contribution in [0.25, 0.3) is 0 Å². The smallest absolute Gasteiger partial charge is 0.193 e. The number of guanidine groups is 1. The van der Waals surface area contributed by atoms with E-state index in [9.17, 15) is 0 Å². The molecule has 0 aliphatic carbocycles. The highest BCUT2D eigenvalue weighted by atomic mass is 15.3. The van der Waals surface area contributed by atoms with E-state index >= 15 is 0 Å². The van der Waals surface area contributed by atoms with E-state index in [1.807, 2.05) is 7.05 Å². The molecule has 1 aliphatic heterocycles. The van der Waals surface area contributed by atoms with Crippen molar-refractivity contribution in [3.05, 3.63) is 0 Å². The quantitative estimate of drug-likeness (QED) is 0.466. The van der Waals surface area contributed by atoms with Crippen LogP contribution in [-0.2, 0) is 0 Å². The predicted molar refractivity (Wildman–Crippen MR) is 83.7 cm³/mol. The van der Waals surface area contributed by atoms with Gasteiger partial charge in [0.2, 0.25) is 0 Å².